The molecule has 0 atom stereocenters. The lowest BCUT2D eigenvalue weighted by Crippen LogP contribution is -2.66. The molecule has 1 aliphatic carbocycles. The number of hydrogen-bond donors (Lipinski definition) is 3. The number of anilines is 2. The van der Waals surface area contributed by atoms with E-state index in [4.69, 9.17) is 13.3 Å². The molecular formula is C33H47N5O2+2. The molecule has 1 heterocycles. The first-order valence-corrected chi connectivity index (χ1v) is 14.1. The average Bonchev–Trinajstić information content (AvgIpc) is 2.97. The van der Waals surface area contributed by atoms with Crippen molar-refractivity contribution in [3.8, 4) is 0 Å². The van der Waals surface area contributed by atoms with Gasteiger partial charge < -0.3 is 26.4 Å². The topological polar surface area (TPSA) is 102 Å². The number of carboxylic acids is 1. The van der Waals surface area contributed by atoms with Crippen molar-refractivity contribution in [1.29, 1.82) is 0 Å². The molecule has 2 aromatic carbocycles. The van der Waals surface area contributed by atoms with Gasteiger partial charge in [-0.05, 0) is 65.8 Å². The van der Waals surface area contributed by atoms with Crippen LogP contribution in [0.25, 0.3) is 5.57 Å². The fourth-order valence-electron chi connectivity index (χ4n) is 5.04. The maximum atomic E-state index is 10.7. The van der Waals surface area contributed by atoms with Crippen molar-refractivity contribution < 1.29 is 29.6 Å². The number of rotatable bonds is 12. The Balaban J connectivity index is 1.70. The molecule has 0 radical (unpaired) electrons. The zero-order valence-electron chi connectivity index (χ0n) is 29.9. The highest BCUT2D eigenvalue weighted by atomic mass is 16.4. The molecule has 0 aromatic heterocycles. The molecule has 7 nitrogen and oxygen atoms in total. The molecule has 0 amide bonds. The van der Waals surface area contributed by atoms with Crippen LogP contribution in [0.2, 0.25) is 0 Å². The van der Waals surface area contributed by atoms with Gasteiger partial charge in [0.1, 0.15) is 5.41 Å². The Bertz CT molecular complexity index is 1470. The molecule has 1 aliphatic heterocycles. The second kappa shape index (κ2) is 13.8. The van der Waals surface area contributed by atoms with E-state index < -0.39 is 11.4 Å². The SMILES string of the molecule is [2H]C1=CC(=C(c2cc([2H])c(N(C)C)c([2H])c2)c2cc([2H])c(N3CCN(CCCCCC(=O)O)CC3)c([2H])c2)C=C([2H])C1(C[NH3+])C[NH3+]. The van der Waals surface area contributed by atoms with E-state index in [0.29, 0.717) is 66.2 Å². The second-order valence-electron chi connectivity index (χ2n) is 10.7. The monoisotopic (exact) mass is 551 g/mol. The highest BCUT2D eigenvalue weighted by Crippen LogP contribution is 2.34. The second-order valence-corrected chi connectivity index (χ2v) is 10.7. The van der Waals surface area contributed by atoms with E-state index >= 15 is 0 Å². The molecule has 214 valence electrons. The Morgan fingerprint density at radius 1 is 0.925 bits per heavy atom. The fourth-order valence-corrected chi connectivity index (χ4v) is 5.04. The van der Waals surface area contributed by atoms with Crippen molar-refractivity contribution in [3.05, 3.63) is 89.4 Å². The minimum absolute atomic E-state index is 0.157. The number of unbranched alkanes of at least 4 members (excludes halogenated alkanes) is 2. The highest BCUT2D eigenvalue weighted by Gasteiger charge is 2.28. The van der Waals surface area contributed by atoms with Crippen molar-refractivity contribution in [3.63, 3.8) is 0 Å². The summed E-state index contributed by atoms with van der Waals surface area (Å²) in [5, 5.41) is 8.83. The number of carbonyl (C=O) groups is 1. The predicted octanol–water partition coefficient (Wildman–Crippen LogP) is 2.92. The number of piperazine rings is 1. The number of aliphatic carboxylic acids is 1. The molecule has 2 aromatic rings. The predicted molar refractivity (Wildman–Crippen MR) is 164 cm³/mol. The van der Waals surface area contributed by atoms with Gasteiger partial charge in [-0.2, -0.15) is 0 Å². The number of benzene rings is 2. The number of nitrogens with zero attached hydrogens (tertiary/aromatic N) is 3. The van der Waals surface area contributed by atoms with E-state index in [1.54, 1.807) is 55.4 Å². The van der Waals surface area contributed by atoms with Crippen LogP contribution in [0.5, 0.6) is 0 Å². The fraction of sp³-hybridized carbons (Fsp3) is 0.424. The largest absolute Gasteiger partial charge is 0.481 e. The summed E-state index contributed by atoms with van der Waals surface area (Å²) in [7, 11) is 3.57. The van der Waals surface area contributed by atoms with Crippen LogP contribution in [0.4, 0.5) is 11.4 Å². The first-order chi connectivity index (χ1) is 21.8. The normalized spacial score (nSPS) is 19.4. The summed E-state index contributed by atoms with van der Waals surface area (Å²) >= 11 is 0. The first-order valence-electron chi connectivity index (χ1n) is 17.1. The third kappa shape index (κ3) is 7.42. The minimum atomic E-state index is -0.893. The van der Waals surface area contributed by atoms with Crippen LogP contribution in [0.15, 0.2) is 78.3 Å². The lowest BCUT2D eigenvalue weighted by molar-refractivity contribution is -0.429. The molecule has 7 heteroatoms. The summed E-state index contributed by atoms with van der Waals surface area (Å²) in [6.07, 6.45) is 6.08. The maximum absolute atomic E-state index is 10.7. The average molecular weight is 552 g/mol. The van der Waals surface area contributed by atoms with Crippen LogP contribution >= 0.6 is 0 Å². The van der Waals surface area contributed by atoms with Crippen LogP contribution in [0, 0.1) is 5.41 Å². The summed E-state index contributed by atoms with van der Waals surface area (Å²) in [6, 6.07) is 7.87. The number of hydrogen-bond acceptors (Lipinski definition) is 4. The summed E-state index contributed by atoms with van der Waals surface area (Å²) < 4.78 is 53.2. The minimum Gasteiger partial charge on any atom is -0.481 e. The van der Waals surface area contributed by atoms with Gasteiger partial charge >= 0.3 is 5.97 Å². The van der Waals surface area contributed by atoms with Crippen molar-refractivity contribution in [2.24, 2.45) is 5.41 Å². The van der Waals surface area contributed by atoms with Gasteiger partial charge in [0.25, 0.3) is 0 Å². The highest BCUT2D eigenvalue weighted by molar-refractivity contribution is 5.86. The molecule has 0 saturated carbocycles. The lowest BCUT2D eigenvalue weighted by atomic mass is 9.81. The quantitative estimate of drug-likeness (QED) is 0.352. The van der Waals surface area contributed by atoms with Gasteiger partial charge in [-0.3, -0.25) is 9.69 Å². The molecule has 7 N–H and O–H groups in total. The Morgan fingerprint density at radius 3 is 2.02 bits per heavy atom. The number of carboxylic acid groups (broad SMARTS) is 1. The van der Waals surface area contributed by atoms with Gasteiger partial charge in [-0.15, -0.1) is 0 Å². The zero-order chi connectivity index (χ0) is 33.8. The summed E-state index contributed by atoms with van der Waals surface area (Å²) in [5.74, 6) is -0.760. The van der Waals surface area contributed by atoms with E-state index in [9.17, 15) is 4.79 Å². The number of allylic oxidation sites excluding steroid dienone is 3. The van der Waals surface area contributed by atoms with Gasteiger partial charge in [0.05, 0.1) is 21.3 Å². The van der Waals surface area contributed by atoms with Crippen LogP contribution in [0.3, 0.4) is 0 Å². The van der Waals surface area contributed by atoms with E-state index in [0.717, 1.165) is 32.5 Å². The van der Waals surface area contributed by atoms with E-state index in [-0.39, 0.29) is 42.7 Å². The summed E-state index contributed by atoms with van der Waals surface area (Å²) in [4.78, 5) is 16.9. The van der Waals surface area contributed by atoms with E-state index in [2.05, 4.69) is 21.3 Å². The van der Waals surface area contributed by atoms with E-state index in [1.165, 1.54) is 0 Å². The standard InChI is InChI=1S/C33H45N5O2/c1-36(2)29-11-7-26(8-12-29)32(28-15-17-33(24-34,25-35)18-16-28)27-9-13-30(14-10-27)38-22-20-37(21-23-38)19-5-3-4-6-31(39)40/h7-18H,3-6,19-25,34-35H2,1-2H3,(H,39,40)/p+2/i11D,12D,13D,14D,17D,18D. The van der Waals surface area contributed by atoms with Gasteiger partial charge in [-0.1, -0.05) is 54.9 Å². The zero-order valence-corrected chi connectivity index (χ0v) is 23.9. The Labute approximate surface area is 247 Å². The molecular weight excluding hydrogens is 498 g/mol. The van der Waals surface area contributed by atoms with Gasteiger partial charge in [0.15, 0.2) is 0 Å². The molecule has 0 spiro atoms. The lowest BCUT2D eigenvalue weighted by Gasteiger charge is -2.36. The van der Waals surface area contributed by atoms with Crippen molar-refractivity contribution >= 4 is 22.9 Å². The van der Waals surface area contributed by atoms with Crippen LogP contribution in [-0.2, 0) is 4.79 Å². The molecule has 0 bridgehead atoms. The van der Waals surface area contributed by atoms with Gasteiger partial charge in [-0.25, -0.2) is 0 Å². The molecule has 2 aliphatic rings. The molecule has 0 unspecified atom stereocenters. The van der Waals surface area contributed by atoms with Crippen LogP contribution < -0.4 is 21.3 Å². The van der Waals surface area contributed by atoms with E-state index in [1.807, 2.05) is 0 Å². The number of quaternary nitrogens is 2. The Morgan fingerprint density at radius 2 is 1.50 bits per heavy atom. The summed E-state index contributed by atoms with van der Waals surface area (Å²) in [5.41, 5.74) is 10.3. The Hall–Kier alpha value is -3.39. The van der Waals surface area contributed by atoms with Gasteiger partial charge in [0.2, 0.25) is 0 Å². The van der Waals surface area contributed by atoms with Crippen molar-refractivity contribution in [2.45, 2.75) is 25.7 Å². The third-order valence-corrected chi connectivity index (χ3v) is 7.69. The smallest absolute Gasteiger partial charge is 0.303 e. The third-order valence-electron chi connectivity index (χ3n) is 7.69. The van der Waals surface area contributed by atoms with Crippen LogP contribution in [0.1, 0.15) is 45.0 Å². The molecule has 4 rings (SSSR count). The van der Waals surface area contributed by atoms with Crippen molar-refractivity contribution in [1.82, 2.24) is 4.90 Å². The Kier molecular flexibility index (Phi) is 7.70. The van der Waals surface area contributed by atoms with Gasteiger partial charge in [0, 0.05) is 58.1 Å². The molecule has 1 fully saturated rings. The van der Waals surface area contributed by atoms with Crippen LogP contribution in [-0.4, -0.2) is 75.9 Å². The first kappa shape index (κ1) is 22.3. The van der Waals surface area contributed by atoms with Crippen molar-refractivity contribution in [2.75, 3.05) is 69.7 Å². The summed E-state index contributed by atoms with van der Waals surface area (Å²) in [6.45, 7) is 4.45. The molecule has 40 heavy (non-hydrogen) atoms. The maximum Gasteiger partial charge on any atom is 0.303 e. The molecule has 1 saturated heterocycles.